The van der Waals surface area contributed by atoms with E-state index in [0.717, 1.165) is 19.3 Å². The van der Waals surface area contributed by atoms with Crippen LogP contribution in [0.4, 0.5) is 0 Å². The van der Waals surface area contributed by atoms with Gasteiger partial charge in [-0.1, -0.05) is 81.0 Å². The van der Waals surface area contributed by atoms with Gasteiger partial charge in [-0.25, -0.2) is 0 Å². The zero-order valence-electron chi connectivity index (χ0n) is 21.2. The molecule has 1 aromatic rings. The third-order valence-electron chi connectivity index (χ3n) is 8.28. The molecule has 0 radical (unpaired) electrons. The van der Waals surface area contributed by atoms with Crippen molar-refractivity contribution in [1.29, 1.82) is 0 Å². The number of rotatable bonds is 3. The van der Waals surface area contributed by atoms with E-state index in [2.05, 4.69) is 69.4 Å². The molecule has 0 saturated carbocycles. The summed E-state index contributed by atoms with van der Waals surface area (Å²) in [7, 11) is 0. The molecule has 2 aliphatic carbocycles. The molecule has 4 nitrogen and oxygen atoms in total. The van der Waals surface area contributed by atoms with Gasteiger partial charge in [-0.15, -0.1) is 0 Å². The molecule has 1 N–H and O–H groups in total. The van der Waals surface area contributed by atoms with Crippen LogP contribution in [0.2, 0.25) is 0 Å². The zero-order chi connectivity index (χ0) is 24.5. The second-order valence-corrected chi connectivity index (χ2v) is 10.9. The first-order chi connectivity index (χ1) is 16.2. The Kier molecular flexibility index (Phi) is 7.16. The molecule has 1 aliphatic heterocycles. The van der Waals surface area contributed by atoms with E-state index in [4.69, 9.17) is 4.74 Å². The van der Waals surface area contributed by atoms with Gasteiger partial charge < -0.3 is 10.1 Å². The summed E-state index contributed by atoms with van der Waals surface area (Å²) in [6, 6.07) is 10.3. The highest BCUT2D eigenvalue weighted by Crippen LogP contribution is 2.56. The number of carbonyl (C=O) groups excluding carboxylic acids is 2. The van der Waals surface area contributed by atoms with Crippen molar-refractivity contribution in [2.75, 3.05) is 0 Å². The highest BCUT2D eigenvalue weighted by atomic mass is 16.5. The molecule has 1 unspecified atom stereocenters. The van der Waals surface area contributed by atoms with Gasteiger partial charge in [0.25, 0.3) is 0 Å². The largest absolute Gasteiger partial charge is 0.457 e. The Morgan fingerprint density at radius 2 is 1.85 bits per heavy atom. The summed E-state index contributed by atoms with van der Waals surface area (Å²) in [5.41, 5.74) is 1.63. The first-order valence-electron chi connectivity index (χ1n) is 12.8. The van der Waals surface area contributed by atoms with Crippen LogP contribution in [0.1, 0.15) is 53.0 Å². The highest BCUT2D eigenvalue weighted by molar-refractivity contribution is 5.89. The van der Waals surface area contributed by atoms with Crippen LogP contribution in [-0.2, 0) is 20.7 Å². The first-order valence-corrected chi connectivity index (χ1v) is 12.8. The Hall–Kier alpha value is -2.62. The van der Waals surface area contributed by atoms with Gasteiger partial charge in [0.15, 0.2) is 0 Å². The van der Waals surface area contributed by atoms with Crippen molar-refractivity contribution in [1.82, 2.24) is 5.32 Å². The summed E-state index contributed by atoms with van der Waals surface area (Å²) in [5, 5.41) is 3.38. The molecule has 1 saturated heterocycles. The third kappa shape index (κ3) is 4.52. The molecule has 1 aromatic carbocycles. The first kappa shape index (κ1) is 24.5. The maximum atomic E-state index is 14.1. The van der Waals surface area contributed by atoms with Crippen molar-refractivity contribution in [3.05, 3.63) is 71.8 Å². The zero-order valence-corrected chi connectivity index (χ0v) is 21.2. The molecule has 4 heteroatoms. The number of esters is 1. The summed E-state index contributed by atoms with van der Waals surface area (Å²) in [6.07, 6.45) is 13.1. The van der Waals surface area contributed by atoms with E-state index in [0.29, 0.717) is 11.8 Å². The van der Waals surface area contributed by atoms with Gasteiger partial charge in [0.05, 0.1) is 0 Å². The number of amides is 1. The van der Waals surface area contributed by atoms with E-state index in [-0.39, 0.29) is 35.7 Å². The van der Waals surface area contributed by atoms with E-state index in [1.807, 2.05) is 24.3 Å². The minimum atomic E-state index is -0.871. The van der Waals surface area contributed by atoms with E-state index in [1.54, 1.807) is 0 Å². The van der Waals surface area contributed by atoms with Crippen LogP contribution >= 0.6 is 0 Å². The number of carbonyl (C=O) groups is 2. The lowest BCUT2D eigenvalue weighted by Crippen LogP contribution is -2.55. The Morgan fingerprint density at radius 1 is 1.12 bits per heavy atom. The van der Waals surface area contributed by atoms with Gasteiger partial charge >= 0.3 is 5.97 Å². The van der Waals surface area contributed by atoms with Crippen LogP contribution < -0.4 is 5.32 Å². The van der Waals surface area contributed by atoms with Crippen LogP contribution in [0, 0.1) is 35.0 Å². The molecule has 4 rings (SSSR count). The van der Waals surface area contributed by atoms with Gasteiger partial charge in [0.1, 0.15) is 11.5 Å². The van der Waals surface area contributed by atoms with Crippen LogP contribution in [0.5, 0.6) is 0 Å². The van der Waals surface area contributed by atoms with Gasteiger partial charge in [-0.05, 0) is 55.6 Å². The van der Waals surface area contributed by atoms with Gasteiger partial charge in [0.2, 0.25) is 5.91 Å². The summed E-state index contributed by atoms with van der Waals surface area (Å²) >= 11 is 0. The normalized spacial score (nSPS) is 39.5. The number of ether oxygens (including phenoxy) is 1. The number of allylic oxidation sites excluding steroid dienone is 5. The molecule has 8 atom stereocenters. The quantitative estimate of drug-likeness (QED) is 0.467. The van der Waals surface area contributed by atoms with E-state index in [1.165, 1.54) is 18.1 Å². The lowest BCUT2D eigenvalue weighted by Gasteiger charge is -2.48. The lowest BCUT2D eigenvalue weighted by atomic mass is 9.54. The van der Waals surface area contributed by atoms with Crippen molar-refractivity contribution >= 4 is 11.9 Å². The molecule has 1 amide bonds. The SMILES string of the molecule is CC(=O)O[C@@H]1/C=C/[C@@H](C)CC(C)C/C=C/[C@H]2C=C(C)[C@@H](C)[C@H]3[C@H](Cc4ccccc4)NC(=O)[C@]321. The standard InChI is InChI=1S/C30H39NO3/c1-19-10-9-13-25-17-21(3)22(4)28-26(18-24-11-7-6-8-12-24)31-29(33)30(25,28)27(34-23(5)32)15-14-20(2)16-19/h6-9,11-15,17,19-20,22,25-28H,10,16,18H2,1-5H3,(H,31,33)/b13-9+,15-14+/t19?,20-,22-,25+,26+,27-,28+,30-/m1/s1. The maximum absolute atomic E-state index is 14.1. The van der Waals surface area contributed by atoms with Crippen molar-refractivity contribution < 1.29 is 14.3 Å². The molecule has 3 aliphatic rings. The summed E-state index contributed by atoms with van der Waals surface area (Å²) < 4.78 is 6.02. The van der Waals surface area contributed by atoms with Crippen molar-refractivity contribution in [3.63, 3.8) is 0 Å². The Labute approximate surface area is 204 Å². The Morgan fingerprint density at radius 3 is 2.56 bits per heavy atom. The molecule has 34 heavy (non-hydrogen) atoms. The molecule has 0 aromatic heterocycles. The average Bonchev–Trinajstić information content (AvgIpc) is 3.06. The lowest BCUT2D eigenvalue weighted by molar-refractivity contribution is -0.159. The number of hydrogen-bond donors (Lipinski definition) is 1. The molecular formula is C30H39NO3. The van der Waals surface area contributed by atoms with E-state index < -0.39 is 11.5 Å². The Balaban J connectivity index is 1.88. The maximum Gasteiger partial charge on any atom is 0.303 e. The second-order valence-electron chi connectivity index (χ2n) is 10.9. The molecule has 1 fully saturated rings. The molecule has 182 valence electrons. The molecular weight excluding hydrogens is 422 g/mol. The predicted molar refractivity (Wildman–Crippen MR) is 136 cm³/mol. The van der Waals surface area contributed by atoms with Crippen LogP contribution in [0.3, 0.4) is 0 Å². The highest BCUT2D eigenvalue weighted by Gasteiger charge is 2.65. The fourth-order valence-corrected chi connectivity index (χ4v) is 6.66. The minimum Gasteiger partial charge on any atom is -0.457 e. The summed E-state index contributed by atoms with van der Waals surface area (Å²) in [6.45, 7) is 10.3. The fraction of sp³-hybridized carbons (Fsp3) is 0.533. The Bertz CT molecular complexity index is 994. The number of benzene rings is 1. The third-order valence-corrected chi connectivity index (χ3v) is 8.28. The molecule has 0 bridgehead atoms. The van der Waals surface area contributed by atoms with Gasteiger partial charge in [-0.2, -0.15) is 0 Å². The fourth-order valence-electron chi connectivity index (χ4n) is 6.66. The van der Waals surface area contributed by atoms with Gasteiger partial charge in [-0.3, -0.25) is 9.59 Å². The van der Waals surface area contributed by atoms with Gasteiger partial charge in [0, 0.05) is 24.8 Å². The van der Waals surface area contributed by atoms with E-state index >= 15 is 0 Å². The van der Waals surface area contributed by atoms with E-state index in [9.17, 15) is 9.59 Å². The average molecular weight is 462 g/mol. The summed E-state index contributed by atoms with van der Waals surface area (Å²) in [5.74, 6) is 0.593. The van der Waals surface area contributed by atoms with Crippen molar-refractivity contribution in [3.8, 4) is 0 Å². The second kappa shape index (κ2) is 9.93. The number of nitrogens with one attached hydrogen (secondary N) is 1. The minimum absolute atomic E-state index is 0.000436. The van der Waals surface area contributed by atoms with Crippen LogP contribution in [0.15, 0.2) is 66.3 Å². The van der Waals surface area contributed by atoms with Crippen molar-refractivity contribution in [2.24, 2.45) is 35.0 Å². The predicted octanol–water partition coefficient (Wildman–Crippen LogP) is 5.65. The van der Waals surface area contributed by atoms with Crippen molar-refractivity contribution in [2.45, 2.75) is 66.0 Å². The number of hydrogen-bond acceptors (Lipinski definition) is 3. The molecule has 1 heterocycles. The summed E-state index contributed by atoms with van der Waals surface area (Å²) in [4.78, 5) is 26.4. The topological polar surface area (TPSA) is 55.4 Å². The molecule has 1 spiro atoms. The monoisotopic (exact) mass is 461 g/mol. The van der Waals surface area contributed by atoms with Crippen LogP contribution in [0.25, 0.3) is 0 Å². The smallest absolute Gasteiger partial charge is 0.303 e. The van der Waals surface area contributed by atoms with Crippen LogP contribution in [-0.4, -0.2) is 24.0 Å².